The van der Waals surface area contributed by atoms with Gasteiger partial charge >= 0.3 is 6.09 Å². The van der Waals surface area contributed by atoms with E-state index in [0.717, 1.165) is 47.6 Å². The number of fused-ring (bicyclic) bond motifs is 1. The Bertz CT molecular complexity index is 1230. The number of hydrogen-bond acceptors (Lipinski definition) is 5. The van der Waals surface area contributed by atoms with Gasteiger partial charge in [0.1, 0.15) is 18.0 Å². The summed E-state index contributed by atoms with van der Waals surface area (Å²) in [6.07, 6.45) is 5.25. The van der Waals surface area contributed by atoms with Gasteiger partial charge in [0.25, 0.3) is 0 Å². The Morgan fingerprint density at radius 3 is 2.51 bits per heavy atom. The molecule has 1 saturated carbocycles. The molecule has 0 aromatic heterocycles. The molecular formula is C32H41BrN2O4. The Hall–Kier alpha value is -2.09. The van der Waals surface area contributed by atoms with Crippen LogP contribution in [0.4, 0.5) is 4.79 Å². The highest BCUT2D eigenvalue weighted by atomic mass is 79.9. The first kappa shape index (κ1) is 27.1. The lowest BCUT2D eigenvalue weighted by atomic mass is 9.52. The van der Waals surface area contributed by atoms with Crippen molar-refractivity contribution >= 4 is 22.0 Å². The molecule has 2 aromatic rings. The standard InChI is InChI=1S/C32H41BrN2O4/c1-30(2,3)39-29(36)34-14-11-31-12-15-35(20-22-9-10-22)28(32(31,37)13-16-34)18-24-17-26(33)27(19-25(24)31)38-21-23-7-5-4-6-8-23/h4-8,17,19,22,28,37H,9-16,18,20-21H2,1-3H3/t28-,31+,32-/m1/s1. The van der Waals surface area contributed by atoms with E-state index in [-0.39, 0.29) is 12.1 Å². The zero-order valence-electron chi connectivity index (χ0n) is 23.4. The fourth-order valence-electron chi connectivity index (χ4n) is 7.24. The quantitative estimate of drug-likeness (QED) is 0.454. The largest absolute Gasteiger partial charge is 0.488 e. The normalized spacial score (nSPS) is 28.7. The molecule has 0 unspecified atom stereocenters. The van der Waals surface area contributed by atoms with Crippen molar-refractivity contribution in [1.82, 2.24) is 9.80 Å². The third kappa shape index (κ3) is 5.11. The number of ether oxygens (including phenoxy) is 2. The number of nitrogens with zero attached hydrogens (tertiary/aromatic N) is 2. The number of benzene rings is 2. The van der Waals surface area contributed by atoms with E-state index in [9.17, 15) is 9.90 Å². The molecule has 2 bridgehead atoms. The van der Waals surface area contributed by atoms with Gasteiger partial charge in [-0.2, -0.15) is 0 Å². The number of halogens is 1. The molecule has 6 rings (SSSR count). The van der Waals surface area contributed by atoms with E-state index in [1.165, 1.54) is 24.0 Å². The molecule has 6 nitrogen and oxygen atoms in total. The van der Waals surface area contributed by atoms with E-state index in [1.54, 1.807) is 0 Å². The highest BCUT2D eigenvalue weighted by molar-refractivity contribution is 9.10. The van der Waals surface area contributed by atoms with E-state index in [4.69, 9.17) is 9.47 Å². The van der Waals surface area contributed by atoms with Gasteiger partial charge in [-0.15, -0.1) is 0 Å². The minimum absolute atomic E-state index is 0.0425. The molecule has 2 saturated heterocycles. The monoisotopic (exact) mass is 596 g/mol. The van der Waals surface area contributed by atoms with Crippen LogP contribution in [0.3, 0.4) is 0 Å². The van der Waals surface area contributed by atoms with Crippen LogP contribution in [-0.2, 0) is 23.2 Å². The number of hydrogen-bond donors (Lipinski definition) is 1. The molecule has 0 spiro atoms. The van der Waals surface area contributed by atoms with Gasteiger partial charge in [0.05, 0.1) is 10.1 Å². The molecule has 2 aliphatic heterocycles. The number of rotatable bonds is 5. The molecule has 2 heterocycles. The molecule has 39 heavy (non-hydrogen) atoms. The van der Waals surface area contributed by atoms with Crippen LogP contribution in [0.5, 0.6) is 5.75 Å². The van der Waals surface area contributed by atoms with Gasteiger partial charge in [-0.1, -0.05) is 30.3 Å². The minimum Gasteiger partial charge on any atom is -0.488 e. The lowest BCUT2D eigenvalue weighted by Crippen LogP contribution is -2.71. The summed E-state index contributed by atoms with van der Waals surface area (Å²) in [6.45, 7) is 9.32. The number of likely N-dealkylation sites (tertiary alicyclic amines) is 2. The summed E-state index contributed by atoms with van der Waals surface area (Å²) in [6, 6.07) is 14.7. The van der Waals surface area contributed by atoms with Crippen molar-refractivity contribution in [1.29, 1.82) is 0 Å². The summed E-state index contributed by atoms with van der Waals surface area (Å²) in [5, 5.41) is 12.8. The third-order valence-corrected chi connectivity index (χ3v) is 10.0. The van der Waals surface area contributed by atoms with Gasteiger partial charge in [0.15, 0.2) is 0 Å². The fraction of sp³-hybridized carbons (Fsp3) is 0.594. The summed E-state index contributed by atoms with van der Waals surface area (Å²) in [5.41, 5.74) is 1.70. The number of aliphatic hydroxyl groups is 1. The van der Waals surface area contributed by atoms with Crippen LogP contribution in [0.15, 0.2) is 46.9 Å². The van der Waals surface area contributed by atoms with Crippen LogP contribution >= 0.6 is 15.9 Å². The van der Waals surface area contributed by atoms with E-state index in [0.29, 0.717) is 32.5 Å². The number of piperidine rings is 1. The van der Waals surface area contributed by atoms with Crippen LogP contribution in [0.1, 0.15) is 69.6 Å². The molecule has 1 amide bonds. The molecule has 4 aliphatic rings. The SMILES string of the molecule is CC(C)(C)OC(=O)N1CC[C@]23CCN(CC4CC4)[C@H](Cc4cc(Br)c(OCc5ccccc5)cc42)[C@]3(O)CC1. The second-order valence-corrected chi connectivity index (χ2v) is 14.0. The summed E-state index contributed by atoms with van der Waals surface area (Å²) < 4.78 is 13.1. The van der Waals surface area contributed by atoms with E-state index >= 15 is 0 Å². The lowest BCUT2D eigenvalue weighted by molar-refractivity contribution is -0.149. The first-order chi connectivity index (χ1) is 18.6. The Labute approximate surface area is 240 Å². The van der Waals surface area contributed by atoms with Gasteiger partial charge in [-0.3, -0.25) is 4.90 Å². The highest BCUT2D eigenvalue weighted by Gasteiger charge is 2.63. The Kier molecular flexibility index (Phi) is 7.00. The minimum atomic E-state index is -0.922. The Morgan fingerprint density at radius 1 is 1.08 bits per heavy atom. The third-order valence-electron chi connectivity index (χ3n) is 9.38. The zero-order valence-corrected chi connectivity index (χ0v) is 25.0. The Balaban J connectivity index is 1.36. The molecule has 2 aromatic carbocycles. The van der Waals surface area contributed by atoms with Crippen molar-refractivity contribution in [3.05, 3.63) is 63.6 Å². The maximum absolute atomic E-state index is 13.1. The van der Waals surface area contributed by atoms with Gasteiger partial charge in [-0.05, 0) is 117 Å². The molecule has 7 heteroatoms. The smallest absolute Gasteiger partial charge is 0.410 e. The summed E-state index contributed by atoms with van der Waals surface area (Å²) in [5.74, 6) is 1.56. The zero-order chi connectivity index (χ0) is 27.4. The van der Waals surface area contributed by atoms with E-state index in [2.05, 4.69) is 45.1 Å². The summed E-state index contributed by atoms with van der Waals surface area (Å²) in [4.78, 5) is 17.5. The number of amides is 1. The molecule has 3 fully saturated rings. The predicted molar refractivity (Wildman–Crippen MR) is 155 cm³/mol. The average Bonchev–Trinajstić information content (AvgIpc) is 3.71. The van der Waals surface area contributed by atoms with Crippen molar-refractivity contribution in [3.63, 3.8) is 0 Å². The van der Waals surface area contributed by atoms with Crippen molar-refractivity contribution < 1.29 is 19.4 Å². The Morgan fingerprint density at radius 2 is 1.79 bits per heavy atom. The number of carbonyl (C=O) groups excluding carboxylic acids is 1. The van der Waals surface area contributed by atoms with E-state index in [1.807, 2.05) is 43.9 Å². The molecule has 3 atom stereocenters. The lowest BCUT2D eigenvalue weighted by Gasteiger charge is -2.61. The summed E-state index contributed by atoms with van der Waals surface area (Å²) in [7, 11) is 0. The molecule has 1 N–H and O–H groups in total. The predicted octanol–water partition coefficient (Wildman–Crippen LogP) is 6.07. The average molecular weight is 598 g/mol. The topological polar surface area (TPSA) is 62.2 Å². The van der Waals surface area contributed by atoms with Crippen molar-refractivity contribution in [2.75, 3.05) is 26.2 Å². The first-order valence-electron chi connectivity index (χ1n) is 14.5. The molecule has 0 radical (unpaired) electrons. The van der Waals surface area contributed by atoms with Crippen molar-refractivity contribution in [3.8, 4) is 5.75 Å². The van der Waals surface area contributed by atoms with Gasteiger partial charge in [-0.25, -0.2) is 4.79 Å². The van der Waals surface area contributed by atoms with Crippen LogP contribution in [-0.4, -0.2) is 64.4 Å². The second kappa shape index (κ2) is 10.1. The van der Waals surface area contributed by atoms with Crippen LogP contribution in [0, 0.1) is 5.92 Å². The maximum Gasteiger partial charge on any atom is 0.410 e. The molecular weight excluding hydrogens is 556 g/mol. The van der Waals surface area contributed by atoms with Gasteiger partial charge in [0, 0.05) is 31.1 Å². The molecule has 210 valence electrons. The fourth-order valence-corrected chi connectivity index (χ4v) is 7.75. The highest BCUT2D eigenvalue weighted by Crippen LogP contribution is 2.57. The van der Waals surface area contributed by atoms with Gasteiger partial charge < -0.3 is 19.5 Å². The number of carbonyl (C=O) groups is 1. The van der Waals surface area contributed by atoms with Gasteiger partial charge in [0.2, 0.25) is 0 Å². The molecule has 2 aliphatic carbocycles. The summed E-state index contributed by atoms with van der Waals surface area (Å²) >= 11 is 3.79. The van der Waals surface area contributed by atoms with E-state index < -0.39 is 16.6 Å². The van der Waals surface area contributed by atoms with Crippen molar-refractivity contribution in [2.24, 2.45) is 5.92 Å². The van der Waals surface area contributed by atoms with Crippen molar-refractivity contribution in [2.45, 2.75) is 88.6 Å². The first-order valence-corrected chi connectivity index (χ1v) is 15.3. The van der Waals surface area contributed by atoms with Crippen LogP contribution in [0.25, 0.3) is 0 Å². The van der Waals surface area contributed by atoms with Crippen LogP contribution in [0.2, 0.25) is 0 Å². The van der Waals surface area contributed by atoms with Crippen LogP contribution < -0.4 is 4.74 Å². The maximum atomic E-state index is 13.1. The second-order valence-electron chi connectivity index (χ2n) is 13.1.